The normalized spacial score (nSPS) is 11.4. The van der Waals surface area contributed by atoms with Gasteiger partial charge in [-0.25, -0.2) is 0 Å². The summed E-state index contributed by atoms with van der Waals surface area (Å²) < 4.78 is 10.1. The molecule has 0 saturated heterocycles. The Bertz CT molecular complexity index is 625. The van der Waals surface area contributed by atoms with Crippen molar-refractivity contribution >= 4 is 17.6 Å². The van der Waals surface area contributed by atoms with Crippen molar-refractivity contribution in [3.8, 4) is 11.5 Å². The lowest BCUT2D eigenvalue weighted by Gasteiger charge is -2.16. The molecule has 2 rings (SSSR count). The van der Waals surface area contributed by atoms with Gasteiger partial charge in [0.2, 0.25) is 11.7 Å². The zero-order valence-corrected chi connectivity index (χ0v) is 12.1. The number of carbonyl (C=O) groups excluding carboxylic acids is 1. The van der Waals surface area contributed by atoms with E-state index < -0.39 is 11.4 Å². The Balaban J connectivity index is 2.34. The van der Waals surface area contributed by atoms with Gasteiger partial charge in [0, 0.05) is 6.20 Å². The second kappa shape index (κ2) is 5.58. The Kier molecular flexibility index (Phi) is 4.04. The minimum atomic E-state index is -1.03. The molecule has 0 aliphatic rings. The van der Waals surface area contributed by atoms with Gasteiger partial charge in [-0.05, 0) is 32.9 Å². The topological polar surface area (TPSA) is 78.1 Å². The quantitative estimate of drug-likeness (QED) is 0.807. The van der Waals surface area contributed by atoms with Gasteiger partial charge in [-0.3, -0.25) is 9.78 Å². The number of pyridine rings is 1. The maximum Gasteiger partial charge on any atom is 0.321 e. The zero-order valence-electron chi connectivity index (χ0n) is 11.4. The molecule has 0 unspecified atom stereocenters. The summed E-state index contributed by atoms with van der Waals surface area (Å²) in [4.78, 5) is 20.2. The van der Waals surface area contributed by atoms with Crippen molar-refractivity contribution in [3.63, 3.8) is 0 Å². The van der Waals surface area contributed by atoms with E-state index in [0.29, 0.717) is 10.7 Å². The highest BCUT2D eigenvalue weighted by molar-refractivity contribution is 6.32. The first kappa shape index (κ1) is 14.5. The molecule has 0 amide bonds. The van der Waals surface area contributed by atoms with Gasteiger partial charge < -0.3 is 9.26 Å². The summed E-state index contributed by atoms with van der Waals surface area (Å²) in [7, 11) is 0. The number of carbonyl (C=O) groups is 1. The second-order valence-corrected chi connectivity index (χ2v) is 5.01. The number of nitrogens with zero attached hydrogens (tertiary/aromatic N) is 3. The van der Waals surface area contributed by atoms with E-state index in [4.69, 9.17) is 20.9 Å². The second-order valence-electron chi connectivity index (χ2n) is 4.60. The molecule has 2 aromatic heterocycles. The Morgan fingerprint density at radius 2 is 2.25 bits per heavy atom. The highest BCUT2D eigenvalue weighted by Gasteiger charge is 2.37. The van der Waals surface area contributed by atoms with Crippen LogP contribution in [0.4, 0.5) is 0 Å². The molecular formula is C13H14ClN3O3. The van der Waals surface area contributed by atoms with Gasteiger partial charge in [0.15, 0.2) is 0 Å². The van der Waals surface area contributed by atoms with Crippen LogP contribution in [0.1, 0.15) is 26.7 Å². The maximum absolute atomic E-state index is 11.9. The molecule has 0 saturated carbocycles. The third kappa shape index (κ3) is 2.65. The molecule has 0 spiro atoms. The minimum absolute atomic E-state index is 0.160. The van der Waals surface area contributed by atoms with Crippen molar-refractivity contribution in [1.29, 1.82) is 0 Å². The van der Waals surface area contributed by atoms with Gasteiger partial charge in [-0.1, -0.05) is 16.8 Å². The molecule has 0 fully saturated rings. The van der Waals surface area contributed by atoms with E-state index in [1.807, 2.05) is 0 Å². The third-order valence-corrected chi connectivity index (χ3v) is 3.02. The molecule has 6 nitrogen and oxygen atoms in total. The van der Waals surface area contributed by atoms with Gasteiger partial charge in [0.05, 0.1) is 11.6 Å². The standard InChI is InChI=1S/C13H14ClN3O3/c1-4-19-12(18)13(2,3)11-16-10(17-20-11)9-8(14)6-5-7-15-9/h5-7H,4H2,1-3H3. The Hall–Kier alpha value is -1.95. The van der Waals surface area contributed by atoms with Crippen LogP contribution in [0.2, 0.25) is 5.02 Å². The molecule has 0 aliphatic heterocycles. The molecule has 0 N–H and O–H groups in total. The molecule has 7 heteroatoms. The van der Waals surface area contributed by atoms with Crippen LogP contribution in [-0.2, 0) is 14.9 Å². The first-order valence-corrected chi connectivity index (χ1v) is 6.47. The van der Waals surface area contributed by atoms with Gasteiger partial charge in [-0.15, -0.1) is 0 Å². The molecule has 0 aliphatic carbocycles. The van der Waals surface area contributed by atoms with E-state index in [-0.39, 0.29) is 18.3 Å². The minimum Gasteiger partial charge on any atom is -0.465 e. The first-order valence-electron chi connectivity index (χ1n) is 6.09. The van der Waals surface area contributed by atoms with Gasteiger partial charge in [0.25, 0.3) is 0 Å². The lowest BCUT2D eigenvalue weighted by molar-refractivity contribution is -0.149. The van der Waals surface area contributed by atoms with Crippen molar-refractivity contribution in [2.45, 2.75) is 26.2 Å². The van der Waals surface area contributed by atoms with E-state index >= 15 is 0 Å². The van der Waals surface area contributed by atoms with Crippen LogP contribution in [0.3, 0.4) is 0 Å². The van der Waals surface area contributed by atoms with E-state index in [2.05, 4.69) is 15.1 Å². The molecular weight excluding hydrogens is 282 g/mol. The first-order chi connectivity index (χ1) is 9.46. The molecule has 106 valence electrons. The van der Waals surface area contributed by atoms with Crippen molar-refractivity contribution in [2.75, 3.05) is 6.61 Å². The number of hydrogen-bond donors (Lipinski definition) is 0. The lowest BCUT2D eigenvalue weighted by atomic mass is 9.94. The summed E-state index contributed by atoms with van der Waals surface area (Å²) in [5, 5.41) is 4.23. The molecule has 2 aromatic rings. The highest BCUT2D eigenvalue weighted by atomic mass is 35.5. The molecule has 0 aromatic carbocycles. The fourth-order valence-electron chi connectivity index (χ4n) is 1.52. The Labute approximate surface area is 121 Å². The summed E-state index contributed by atoms with van der Waals surface area (Å²) in [5.41, 5.74) is -0.619. The van der Waals surface area contributed by atoms with Crippen molar-refractivity contribution in [3.05, 3.63) is 29.2 Å². The number of esters is 1. The maximum atomic E-state index is 11.9. The molecule has 2 heterocycles. The Morgan fingerprint density at radius 3 is 2.90 bits per heavy atom. The van der Waals surface area contributed by atoms with Crippen LogP contribution >= 0.6 is 11.6 Å². The lowest BCUT2D eigenvalue weighted by Crippen LogP contribution is -2.31. The molecule has 0 atom stereocenters. The SMILES string of the molecule is CCOC(=O)C(C)(C)c1nc(-c2ncccc2Cl)no1. The third-order valence-electron chi connectivity index (χ3n) is 2.72. The Morgan fingerprint density at radius 1 is 1.50 bits per heavy atom. The monoisotopic (exact) mass is 295 g/mol. The van der Waals surface area contributed by atoms with Crippen molar-refractivity contribution < 1.29 is 14.1 Å². The summed E-state index contributed by atoms with van der Waals surface area (Å²) in [6.45, 7) is 5.33. The fourth-order valence-corrected chi connectivity index (χ4v) is 1.73. The number of aromatic nitrogens is 3. The van der Waals surface area contributed by atoms with Gasteiger partial charge in [0.1, 0.15) is 11.1 Å². The number of hydrogen-bond acceptors (Lipinski definition) is 6. The predicted octanol–water partition coefficient (Wildman–Crippen LogP) is 2.63. The van der Waals surface area contributed by atoms with E-state index in [1.165, 1.54) is 0 Å². The van der Waals surface area contributed by atoms with Crippen LogP contribution in [-0.4, -0.2) is 27.7 Å². The van der Waals surface area contributed by atoms with Crippen LogP contribution in [0.5, 0.6) is 0 Å². The van der Waals surface area contributed by atoms with E-state index in [1.54, 1.807) is 39.1 Å². The largest absolute Gasteiger partial charge is 0.465 e. The number of halogens is 1. The summed E-state index contributed by atoms with van der Waals surface area (Å²) in [5.74, 6) is -0.0297. The predicted molar refractivity (Wildman–Crippen MR) is 72.2 cm³/mol. The average molecular weight is 296 g/mol. The zero-order chi connectivity index (χ0) is 14.8. The number of ether oxygens (including phenoxy) is 1. The fraction of sp³-hybridized carbons (Fsp3) is 0.385. The summed E-state index contributed by atoms with van der Waals surface area (Å²) in [6, 6.07) is 3.38. The van der Waals surface area contributed by atoms with Gasteiger partial charge in [-0.2, -0.15) is 4.98 Å². The van der Waals surface area contributed by atoms with Crippen LogP contribution in [0, 0.1) is 0 Å². The molecule has 0 radical (unpaired) electrons. The average Bonchev–Trinajstić information content (AvgIpc) is 2.89. The van der Waals surface area contributed by atoms with E-state index in [9.17, 15) is 4.79 Å². The summed E-state index contributed by atoms with van der Waals surface area (Å²) >= 11 is 6.02. The van der Waals surface area contributed by atoms with Crippen LogP contribution in [0.15, 0.2) is 22.9 Å². The molecule has 0 bridgehead atoms. The van der Waals surface area contributed by atoms with E-state index in [0.717, 1.165) is 0 Å². The van der Waals surface area contributed by atoms with Gasteiger partial charge >= 0.3 is 5.97 Å². The van der Waals surface area contributed by atoms with Crippen molar-refractivity contribution in [1.82, 2.24) is 15.1 Å². The summed E-state index contributed by atoms with van der Waals surface area (Å²) in [6.07, 6.45) is 1.58. The molecule has 20 heavy (non-hydrogen) atoms. The highest BCUT2D eigenvalue weighted by Crippen LogP contribution is 2.27. The van der Waals surface area contributed by atoms with Crippen molar-refractivity contribution in [2.24, 2.45) is 0 Å². The number of rotatable bonds is 4. The smallest absolute Gasteiger partial charge is 0.321 e. The van der Waals surface area contributed by atoms with Crippen LogP contribution < -0.4 is 0 Å². The van der Waals surface area contributed by atoms with Crippen LogP contribution in [0.25, 0.3) is 11.5 Å².